The van der Waals surface area contributed by atoms with E-state index in [4.69, 9.17) is 28.3 Å². The summed E-state index contributed by atoms with van der Waals surface area (Å²) in [4.78, 5) is 10.9. The van der Waals surface area contributed by atoms with E-state index in [2.05, 4.69) is 0 Å². The summed E-state index contributed by atoms with van der Waals surface area (Å²) in [5.41, 5.74) is 6.27. The number of aliphatic carboxylic acids is 1. The van der Waals surface area contributed by atoms with E-state index < -0.39 is 5.97 Å². The molecule has 0 spiro atoms. The Bertz CT molecular complexity index is 469. The second kappa shape index (κ2) is 5.75. The van der Waals surface area contributed by atoms with Gasteiger partial charge in [0.05, 0.1) is 11.4 Å². The molecule has 1 aromatic rings. The van der Waals surface area contributed by atoms with Gasteiger partial charge in [-0.1, -0.05) is 25.4 Å². The van der Waals surface area contributed by atoms with Crippen LogP contribution in [0.15, 0.2) is 35.7 Å². The van der Waals surface area contributed by atoms with Crippen molar-refractivity contribution in [3.63, 3.8) is 0 Å². The van der Waals surface area contributed by atoms with Crippen molar-refractivity contribution in [3.8, 4) is 0 Å². The molecule has 98 valence electrons. The first-order valence-electron chi connectivity index (χ1n) is 5.38. The van der Waals surface area contributed by atoms with Crippen LogP contribution in [0, 0.1) is 5.92 Å². The van der Waals surface area contributed by atoms with Crippen molar-refractivity contribution in [2.75, 3.05) is 5.01 Å². The molecule has 0 aromatic heterocycles. The van der Waals surface area contributed by atoms with E-state index in [1.165, 1.54) is 5.01 Å². The molecule has 0 fully saturated rings. The van der Waals surface area contributed by atoms with Crippen molar-refractivity contribution in [2.45, 2.75) is 13.8 Å². The van der Waals surface area contributed by atoms with Gasteiger partial charge in [-0.25, -0.2) is 10.6 Å². The van der Waals surface area contributed by atoms with Gasteiger partial charge in [-0.3, -0.25) is 5.01 Å². The Morgan fingerprint density at radius 1 is 1.33 bits per heavy atom. The quantitative estimate of drug-likeness (QED) is 0.441. The van der Waals surface area contributed by atoms with Crippen LogP contribution in [0.4, 0.5) is 5.69 Å². The number of nitrogens with zero attached hydrogens (tertiary/aromatic N) is 1. The minimum absolute atomic E-state index is 0.123. The number of hydrogen-bond acceptors (Lipinski definition) is 4. The first-order chi connectivity index (χ1) is 8.34. The zero-order valence-corrected chi connectivity index (χ0v) is 11.0. The summed E-state index contributed by atoms with van der Waals surface area (Å²) in [5.74, 6) is 4.60. The third kappa shape index (κ3) is 3.15. The molecule has 0 radical (unpaired) electrons. The van der Waals surface area contributed by atoms with Crippen LogP contribution in [0.2, 0.25) is 5.02 Å². The van der Waals surface area contributed by atoms with Crippen LogP contribution in [-0.4, -0.2) is 11.1 Å². The standard InChI is InChI=1S/C12H16ClN3O2/c1-7(2)11(10(14)12(17)18)16(15)9-5-3-8(13)4-6-9/h3-7H,14-15H2,1-2H3,(H,17,18)/b11-10-. The van der Waals surface area contributed by atoms with Gasteiger partial charge in [-0.2, -0.15) is 0 Å². The molecular weight excluding hydrogens is 254 g/mol. The molecule has 18 heavy (non-hydrogen) atoms. The molecule has 5 N–H and O–H groups in total. The Morgan fingerprint density at radius 2 is 1.83 bits per heavy atom. The van der Waals surface area contributed by atoms with Crippen LogP contribution in [0.25, 0.3) is 0 Å². The van der Waals surface area contributed by atoms with Crippen LogP contribution in [0.3, 0.4) is 0 Å². The first kappa shape index (κ1) is 14.3. The number of benzene rings is 1. The summed E-state index contributed by atoms with van der Waals surface area (Å²) in [6, 6.07) is 6.73. The third-order valence-corrected chi connectivity index (χ3v) is 2.67. The maximum atomic E-state index is 10.9. The van der Waals surface area contributed by atoms with E-state index in [-0.39, 0.29) is 11.6 Å². The van der Waals surface area contributed by atoms with Crippen molar-refractivity contribution in [1.29, 1.82) is 0 Å². The lowest BCUT2D eigenvalue weighted by molar-refractivity contribution is -0.132. The van der Waals surface area contributed by atoms with E-state index >= 15 is 0 Å². The molecule has 1 aromatic carbocycles. The van der Waals surface area contributed by atoms with Crippen LogP contribution in [0.5, 0.6) is 0 Å². The van der Waals surface area contributed by atoms with Gasteiger partial charge in [0.25, 0.3) is 0 Å². The van der Waals surface area contributed by atoms with Crippen molar-refractivity contribution in [3.05, 3.63) is 40.7 Å². The molecule has 0 amide bonds. The molecule has 0 aliphatic carbocycles. The molecule has 0 saturated heterocycles. The fourth-order valence-corrected chi connectivity index (χ4v) is 1.70. The monoisotopic (exact) mass is 269 g/mol. The number of rotatable bonds is 4. The highest BCUT2D eigenvalue weighted by molar-refractivity contribution is 6.30. The summed E-state index contributed by atoms with van der Waals surface area (Å²) in [6.07, 6.45) is 0. The van der Waals surface area contributed by atoms with Crippen molar-refractivity contribution >= 4 is 23.3 Å². The Kier molecular flexibility index (Phi) is 4.58. The number of allylic oxidation sites excluding steroid dienone is 1. The van der Waals surface area contributed by atoms with E-state index in [1.54, 1.807) is 24.3 Å². The minimum Gasteiger partial charge on any atom is -0.477 e. The predicted molar refractivity (Wildman–Crippen MR) is 71.8 cm³/mol. The molecule has 0 aliphatic heterocycles. The number of nitrogens with two attached hydrogens (primary N) is 2. The second-order valence-corrected chi connectivity index (χ2v) is 4.54. The Hall–Kier alpha value is -1.72. The summed E-state index contributed by atoms with van der Waals surface area (Å²) in [6.45, 7) is 3.64. The lowest BCUT2D eigenvalue weighted by atomic mass is 10.1. The molecule has 1 rings (SSSR count). The average Bonchev–Trinajstić information content (AvgIpc) is 2.29. The van der Waals surface area contributed by atoms with Gasteiger partial charge < -0.3 is 10.8 Å². The molecule has 0 saturated carbocycles. The summed E-state index contributed by atoms with van der Waals surface area (Å²) >= 11 is 5.78. The van der Waals surface area contributed by atoms with Gasteiger partial charge in [0.2, 0.25) is 0 Å². The van der Waals surface area contributed by atoms with Crippen LogP contribution < -0.4 is 16.6 Å². The summed E-state index contributed by atoms with van der Waals surface area (Å²) in [7, 11) is 0. The zero-order valence-electron chi connectivity index (χ0n) is 10.2. The van der Waals surface area contributed by atoms with E-state index in [0.29, 0.717) is 16.4 Å². The molecule has 0 bridgehead atoms. The number of anilines is 1. The van der Waals surface area contributed by atoms with Crippen molar-refractivity contribution in [2.24, 2.45) is 17.5 Å². The minimum atomic E-state index is -1.19. The molecule has 6 heteroatoms. The SMILES string of the molecule is CC(C)/C(=C(/N)C(=O)O)N(N)c1ccc(Cl)cc1. The fourth-order valence-electron chi connectivity index (χ4n) is 1.57. The lowest BCUT2D eigenvalue weighted by Gasteiger charge is -2.25. The van der Waals surface area contributed by atoms with Gasteiger partial charge in [0, 0.05) is 5.02 Å². The first-order valence-corrected chi connectivity index (χ1v) is 5.75. The van der Waals surface area contributed by atoms with Crippen molar-refractivity contribution < 1.29 is 9.90 Å². The molecule has 0 unspecified atom stereocenters. The summed E-state index contributed by atoms with van der Waals surface area (Å²) < 4.78 is 0. The smallest absolute Gasteiger partial charge is 0.353 e. The maximum absolute atomic E-state index is 10.9. The molecule has 0 atom stereocenters. The molecular formula is C12H16ClN3O2. The van der Waals surface area contributed by atoms with E-state index in [1.807, 2.05) is 13.8 Å². The number of hydrazine groups is 1. The van der Waals surface area contributed by atoms with Gasteiger partial charge in [-0.15, -0.1) is 0 Å². The number of carboxylic acids is 1. The number of halogens is 1. The van der Waals surface area contributed by atoms with Gasteiger partial charge in [0.1, 0.15) is 5.70 Å². The highest BCUT2D eigenvalue weighted by Gasteiger charge is 2.19. The second-order valence-electron chi connectivity index (χ2n) is 4.11. The lowest BCUT2D eigenvalue weighted by Crippen LogP contribution is -2.36. The van der Waals surface area contributed by atoms with Crippen LogP contribution in [0.1, 0.15) is 13.8 Å². The van der Waals surface area contributed by atoms with Gasteiger partial charge in [0.15, 0.2) is 0 Å². The molecule has 0 aliphatic rings. The highest BCUT2D eigenvalue weighted by Crippen LogP contribution is 2.23. The van der Waals surface area contributed by atoms with Crippen LogP contribution in [-0.2, 0) is 4.79 Å². The Balaban J connectivity index is 3.19. The van der Waals surface area contributed by atoms with Crippen molar-refractivity contribution in [1.82, 2.24) is 0 Å². The zero-order chi connectivity index (χ0) is 13.9. The Labute approximate surface area is 111 Å². The number of carbonyl (C=O) groups is 1. The average molecular weight is 270 g/mol. The Morgan fingerprint density at radius 3 is 2.22 bits per heavy atom. The molecule has 5 nitrogen and oxygen atoms in total. The van der Waals surface area contributed by atoms with E-state index in [9.17, 15) is 4.79 Å². The van der Waals surface area contributed by atoms with Gasteiger partial charge >= 0.3 is 5.97 Å². The largest absolute Gasteiger partial charge is 0.477 e. The van der Waals surface area contributed by atoms with E-state index in [0.717, 1.165) is 0 Å². The number of carboxylic acid groups (broad SMARTS) is 1. The third-order valence-electron chi connectivity index (χ3n) is 2.42. The highest BCUT2D eigenvalue weighted by atomic mass is 35.5. The van der Waals surface area contributed by atoms with Gasteiger partial charge in [-0.05, 0) is 30.2 Å². The number of hydrogen-bond donors (Lipinski definition) is 3. The summed E-state index contributed by atoms with van der Waals surface area (Å²) in [5, 5.41) is 10.8. The fraction of sp³-hybridized carbons (Fsp3) is 0.250. The topological polar surface area (TPSA) is 92.6 Å². The van der Waals surface area contributed by atoms with Crippen LogP contribution >= 0.6 is 11.6 Å². The normalized spacial score (nSPS) is 12.3. The maximum Gasteiger partial charge on any atom is 0.353 e. The predicted octanol–water partition coefficient (Wildman–Crippen LogP) is 1.93. The molecule has 0 heterocycles.